The molecule has 5 rings (SSSR count). The van der Waals surface area contributed by atoms with Crippen molar-refractivity contribution in [2.45, 2.75) is 30.7 Å². The van der Waals surface area contributed by atoms with E-state index in [4.69, 9.17) is 9.15 Å². The molecule has 158 valence electrons. The standard InChI is InChI=1S/C21H23N3O5S/c1-21-7-6-16(25)24(21)14(12-30-21)19(26)22-17-13-4-2-3-5-15(13)29-18(17)20(27)23-8-10-28-11-9-23/h2-5,14H,6-12H2,1H3,(H,22,26). The molecule has 8 nitrogen and oxygen atoms in total. The summed E-state index contributed by atoms with van der Waals surface area (Å²) >= 11 is 1.64. The highest BCUT2D eigenvalue weighted by Crippen LogP contribution is 2.47. The zero-order valence-corrected chi connectivity index (χ0v) is 17.5. The van der Waals surface area contributed by atoms with Crippen molar-refractivity contribution in [1.82, 2.24) is 9.80 Å². The van der Waals surface area contributed by atoms with Crippen LogP contribution in [0.15, 0.2) is 28.7 Å². The van der Waals surface area contributed by atoms with E-state index in [-0.39, 0.29) is 28.4 Å². The molecule has 9 heteroatoms. The minimum atomic E-state index is -0.560. The number of carbonyl (C=O) groups is 3. The predicted molar refractivity (Wildman–Crippen MR) is 112 cm³/mol. The highest BCUT2D eigenvalue weighted by molar-refractivity contribution is 8.01. The van der Waals surface area contributed by atoms with E-state index >= 15 is 0 Å². The van der Waals surface area contributed by atoms with Crippen LogP contribution in [0.1, 0.15) is 30.3 Å². The van der Waals surface area contributed by atoms with Gasteiger partial charge in [0.1, 0.15) is 17.3 Å². The molecule has 2 atom stereocenters. The van der Waals surface area contributed by atoms with E-state index in [1.807, 2.05) is 25.1 Å². The van der Waals surface area contributed by atoms with Crippen LogP contribution >= 0.6 is 11.8 Å². The van der Waals surface area contributed by atoms with Gasteiger partial charge in [-0.3, -0.25) is 14.4 Å². The first-order chi connectivity index (χ1) is 14.5. The molecule has 0 aliphatic carbocycles. The Kier molecular flexibility index (Phi) is 4.74. The van der Waals surface area contributed by atoms with Crippen molar-refractivity contribution in [1.29, 1.82) is 0 Å². The fourth-order valence-corrected chi connectivity index (χ4v) is 5.88. The van der Waals surface area contributed by atoms with Crippen LogP contribution in [0.2, 0.25) is 0 Å². The minimum absolute atomic E-state index is 0.00400. The zero-order chi connectivity index (χ0) is 20.9. The Balaban J connectivity index is 1.47. The average molecular weight is 429 g/mol. The molecule has 30 heavy (non-hydrogen) atoms. The molecule has 0 bridgehead atoms. The summed E-state index contributed by atoms with van der Waals surface area (Å²) in [5.74, 6) is 0.102. The molecule has 3 aliphatic heterocycles. The molecule has 1 aromatic heterocycles. The number of nitrogens with one attached hydrogen (secondary N) is 1. The van der Waals surface area contributed by atoms with Gasteiger partial charge in [-0.1, -0.05) is 12.1 Å². The Labute approximate surface area is 177 Å². The van der Waals surface area contributed by atoms with E-state index in [1.54, 1.807) is 27.6 Å². The molecule has 0 spiro atoms. The van der Waals surface area contributed by atoms with Crippen LogP contribution in [0.3, 0.4) is 0 Å². The van der Waals surface area contributed by atoms with Crippen LogP contribution in [-0.2, 0) is 14.3 Å². The summed E-state index contributed by atoms with van der Waals surface area (Å²) in [7, 11) is 0. The number of thioether (sulfide) groups is 1. The van der Waals surface area contributed by atoms with Crippen molar-refractivity contribution in [3.63, 3.8) is 0 Å². The van der Waals surface area contributed by atoms with Crippen LogP contribution in [0, 0.1) is 0 Å². The number of anilines is 1. The summed E-state index contributed by atoms with van der Waals surface area (Å²) in [6.07, 6.45) is 1.21. The third kappa shape index (κ3) is 3.07. The number of furan rings is 1. The third-order valence-corrected chi connectivity index (χ3v) is 7.59. The fraction of sp³-hybridized carbons (Fsp3) is 0.476. The second-order valence-electron chi connectivity index (χ2n) is 7.96. The third-order valence-electron chi connectivity index (χ3n) is 6.08. The van der Waals surface area contributed by atoms with Gasteiger partial charge in [0.25, 0.3) is 5.91 Å². The van der Waals surface area contributed by atoms with Gasteiger partial charge in [-0.05, 0) is 25.5 Å². The van der Waals surface area contributed by atoms with E-state index < -0.39 is 6.04 Å². The molecule has 0 radical (unpaired) electrons. The van der Waals surface area contributed by atoms with Crippen molar-refractivity contribution in [3.8, 4) is 0 Å². The van der Waals surface area contributed by atoms with Crippen LogP contribution in [0.25, 0.3) is 11.0 Å². The molecular weight excluding hydrogens is 406 g/mol. The number of rotatable bonds is 3. The summed E-state index contributed by atoms with van der Waals surface area (Å²) in [6.45, 7) is 3.91. The normalized spacial score (nSPS) is 26.3. The van der Waals surface area contributed by atoms with Gasteiger partial charge >= 0.3 is 0 Å². The van der Waals surface area contributed by atoms with Gasteiger partial charge in [0.05, 0.1) is 18.1 Å². The summed E-state index contributed by atoms with van der Waals surface area (Å²) in [5, 5.41) is 3.60. The van der Waals surface area contributed by atoms with E-state index in [1.165, 1.54) is 0 Å². The molecule has 1 N–H and O–H groups in total. The Bertz CT molecular complexity index is 1030. The summed E-state index contributed by atoms with van der Waals surface area (Å²) < 4.78 is 11.2. The maximum absolute atomic E-state index is 13.2. The summed E-state index contributed by atoms with van der Waals surface area (Å²) in [6, 6.07) is 6.69. The van der Waals surface area contributed by atoms with Crippen molar-refractivity contribution >= 4 is 46.1 Å². The lowest BCUT2D eigenvalue weighted by atomic mass is 10.1. The molecule has 1 aromatic carbocycles. The maximum Gasteiger partial charge on any atom is 0.291 e. The van der Waals surface area contributed by atoms with Gasteiger partial charge in [0, 0.05) is 30.6 Å². The smallest absolute Gasteiger partial charge is 0.291 e. The second kappa shape index (κ2) is 7.31. The lowest BCUT2D eigenvalue weighted by Gasteiger charge is -2.30. The van der Waals surface area contributed by atoms with E-state index in [2.05, 4.69) is 5.32 Å². The Morgan fingerprint density at radius 2 is 2.00 bits per heavy atom. The van der Waals surface area contributed by atoms with Crippen LogP contribution in [0.5, 0.6) is 0 Å². The monoisotopic (exact) mass is 429 g/mol. The SMILES string of the molecule is CC12CCC(=O)N1C(C(=O)Nc1c(C(=O)N3CCOCC3)oc3ccccc13)CS2. The molecule has 3 amide bonds. The molecule has 3 saturated heterocycles. The minimum Gasteiger partial charge on any atom is -0.449 e. The summed E-state index contributed by atoms with van der Waals surface area (Å²) in [4.78, 5) is 41.8. The number of hydrogen-bond acceptors (Lipinski definition) is 6. The number of fused-ring (bicyclic) bond motifs is 2. The highest BCUT2D eigenvalue weighted by atomic mass is 32.2. The van der Waals surface area contributed by atoms with Crippen molar-refractivity contribution < 1.29 is 23.5 Å². The van der Waals surface area contributed by atoms with Crippen molar-refractivity contribution in [2.24, 2.45) is 0 Å². The molecule has 3 fully saturated rings. The second-order valence-corrected chi connectivity index (χ2v) is 9.46. The number of para-hydroxylation sites is 1. The first-order valence-corrected chi connectivity index (χ1v) is 11.1. The van der Waals surface area contributed by atoms with Gasteiger partial charge in [0.15, 0.2) is 0 Å². The quantitative estimate of drug-likeness (QED) is 0.805. The molecule has 2 aromatic rings. The van der Waals surface area contributed by atoms with Gasteiger partial charge in [-0.25, -0.2) is 0 Å². The fourth-order valence-electron chi connectivity index (χ4n) is 4.45. The number of carbonyl (C=O) groups excluding carboxylic acids is 3. The van der Waals surface area contributed by atoms with Crippen LogP contribution in [-0.4, -0.2) is 70.5 Å². The summed E-state index contributed by atoms with van der Waals surface area (Å²) in [5.41, 5.74) is 0.907. The average Bonchev–Trinajstić information content (AvgIpc) is 3.39. The topological polar surface area (TPSA) is 92.1 Å². The molecule has 0 saturated carbocycles. The lowest BCUT2D eigenvalue weighted by Crippen LogP contribution is -2.48. The Morgan fingerprint density at radius 1 is 1.23 bits per heavy atom. The van der Waals surface area contributed by atoms with Gasteiger partial charge in [-0.15, -0.1) is 11.8 Å². The largest absolute Gasteiger partial charge is 0.449 e. The number of morpholine rings is 1. The van der Waals surface area contributed by atoms with Crippen molar-refractivity contribution in [2.75, 3.05) is 37.4 Å². The highest BCUT2D eigenvalue weighted by Gasteiger charge is 2.53. The Hall–Kier alpha value is -2.52. The predicted octanol–water partition coefficient (Wildman–Crippen LogP) is 2.30. The molecular formula is C21H23N3O5S. The van der Waals surface area contributed by atoms with Gasteiger partial charge < -0.3 is 24.3 Å². The zero-order valence-electron chi connectivity index (χ0n) is 16.7. The number of amides is 3. The number of benzene rings is 1. The maximum atomic E-state index is 13.2. The van der Waals surface area contributed by atoms with Crippen molar-refractivity contribution in [3.05, 3.63) is 30.0 Å². The molecule has 4 heterocycles. The first-order valence-electron chi connectivity index (χ1n) is 10.1. The Morgan fingerprint density at radius 3 is 2.80 bits per heavy atom. The number of ether oxygens (including phenoxy) is 1. The van der Waals surface area contributed by atoms with Gasteiger partial charge in [0.2, 0.25) is 17.6 Å². The van der Waals surface area contributed by atoms with Crippen LogP contribution < -0.4 is 5.32 Å². The number of nitrogens with zero attached hydrogens (tertiary/aromatic N) is 2. The molecule has 3 aliphatic rings. The van der Waals surface area contributed by atoms with E-state index in [0.717, 1.165) is 6.42 Å². The number of hydrogen-bond donors (Lipinski definition) is 1. The first kappa shape index (κ1) is 19.4. The lowest BCUT2D eigenvalue weighted by molar-refractivity contribution is -0.135. The van der Waals surface area contributed by atoms with E-state index in [9.17, 15) is 14.4 Å². The van der Waals surface area contributed by atoms with Gasteiger partial charge in [-0.2, -0.15) is 0 Å². The van der Waals surface area contributed by atoms with Crippen LogP contribution in [0.4, 0.5) is 5.69 Å². The van der Waals surface area contributed by atoms with E-state index in [0.29, 0.717) is 55.1 Å². The molecule has 2 unspecified atom stereocenters.